The molecule has 1 aliphatic rings. The van der Waals surface area contributed by atoms with E-state index in [1.54, 1.807) is 45.9 Å². The Morgan fingerprint density at radius 1 is 1.10 bits per heavy atom. The van der Waals surface area contributed by atoms with Gasteiger partial charge in [0.2, 0.25) is 0 Å². The highest BCUT2D eigenvalue weighted by molar-refractivity contribution is 7.98. The molecule has 2 amide bonds. The van der Waals surface area contributed by atoms with Crippen LogP contribution in [-0.2, 0) is 4.74 Å². The standard InChI is InChI=1S/C22H21FN4O3S/c1-31-22-24-14-19(27(22)16-8-6-15(23)7-9-16)20(28)25-18-5-3-2-4-17(18)21(29)26-10-12-30-13-11-26/h2-9,14H,10-13H2,1H3,(H,25,28). The number of amides is 2. The van der Waals surface area contributed by atoms with Crippen molar-refractivity contribution in [1.82, 2.24) is 14.5 Å². The zero-order valence-electron chi connectivity index (χ0n) is 16.9. The number of benzene rings is 2. The van der Waals surface area contributed by atoms with E-state index in [0.29, 0.717) is 48.4 Å². The maximum Gasteiger partial charge on any atom is 0.274 e. The third kappa shape index (κ3) is 4.47. The smallest absolute Gasteiger partial charge is 0.274 e. The van der Waals surface area contributed by atoms with E-state index in [1.807, 2.05) is 6.26 Å². The van der Waals surface area contributed by atoms with Crippen molar-refractivity contribution in [3.8, 4) is 5.69 Å². The molecule has 0 aliphatic carbocycles. The lowest BCUT2D eigenvalue weighted by atomic mass is 10.1. The average Bonchev–Trinajstić information content (AvgIpc) is 3.24. The molecular formula is C22H21FN4O3S. The first-order chi connectivity index (χ1) is 15.1. The van der Waals surface area contributed by atoms with Crippen molar-refractivity contribution in [2.24, 2.45) is 0 Å². The van der Waals surface area contributed by atoms with E-state index in [9.17, 15) is 14.0 Å². The van der Waals surface area contributed by atoms with Crippen molar-refractivity contribution in [2.45, 2.75) is 5.16 Å². The highest BCUT2D eigenvalue weighted by Crippen LogP contribution is 2.24. The highest BCUT2D eigenvalue weighted by Gasteiger charge is 2.23. The van der Waals surface area contributed by atoms with E-state index in [0.717, 1.165) is 0 Å². The molecule has 1 N–H and O–H groups in total. The molecule has 4 rings (SSSR count). The first kappa shape index (κ1) is 21.1. The van der Waals surface area contributed by atoms with Gasteiger partial charge in [-0.1, -0.05) is 23.9 Å². The molecule has 0 spiro atoms. The van der Waals surface area contributed by atoms with E-state index < -0.39 is 5.91 Å². The summed E-state index contributed by atoms with van der Waals surface area (Å²) >= 11 is 1.37. The Hall–Kier alpha value is -3.17. The number of halogens is 1. The number of carbonyl (C=O) groups excluding carboxylic acids is 2. The van der Waals surface area contributed by atoms with Crippen LogP contribution >= 0.6 is 11.8 Å². The second-order valence-electron chi connectivity index (χ2n) is 6.85. The predicted molar refractivity (Wildman–Crippen MR) is 116 cm³/mol. The summed E-state index contributed by atoms with van der Waals surface area (Å²) in [6, 6.07) is 12.7. The maximum atomic E-state index is 13.4. The number of nitrogens with zero attached hydrogens (tertiary/aromatic N) is 3. The molecule has 0 bridgehead atoms. The molecule has 0 radical (unpaired) electrons. The summed E-state index contributed by atoms with van der Waals surface area (Å²) in [5, 5.41) is 3.44. The van der Waals surface area contributed by atoms with Crippen molar-refractivity contribution in [1.29, 1.82) is 0 Å². The molecule has 1 saturated heterocycles. The monoisotopic (exact) mass is 440 g/mol. The SMILES string of the molecule is CSc1ncc(C(=O)Nc2ccccc2C(=O)N2CCOCC2)n1-c1ccc(F)cc1. The number of hydrogen-bond acceptors (Lipinski definition) is 5. The van der Waals surface area contributed by atoms with Crippen LogP contribution in [0.2, 0.25) is 0 Å². The van der Waals surface area contributed by atoms with Gasteiger partial charge >= 0.3 is 0 Å². The second-order valence-corrected chi connectivity index (χ2v) is 7.62. The van der Waals surface area contributed by atoms with Crippen LogP contribution in [0.5, 0.6) is 0 Å². The van der Waals surface area contributed by atoms with Gasteiger partial charge in [0.25, 0.3) is 11.8 Å². The third-order valence-electron chi connectivity index (χ3n) is 4.93. The summed E-state index contributed by atoms with van der Waals surface area (Å²) < 4.78 is 20.4. The van der Waals surface area contributed by atoms with Gasteiger partial charge in [0.1, 0.15) is 11.5 Å². The minimum Gasteiger partial charge on any atom is -0.378 e. The molecule has 2 heterocycles. The Morgan fingerprint density at radius 3 is 2.52 bits per heavy atom. The molecule has 0 saturated carbocycles. The first-order valence-electron chi connectivity index (χ1n) is 9.73. The summed E-state index contributed by atoms with van der Waals surface area (Å²) in [6.07, 6.45) is 3.32. The number of ether oxygens (including phenoxy) is 1. The molecule has 1 aromatic heterocycles. The highest BCUT2D eigenvalue weighted by atomic mass is 32.2. The Bertz CT molecular complexity index is 1090. The van der Waals surface area contributed by atoms with Crippen LogP contribution in [0.1, 0.15) is 20.8 Å². The fraction of sp³-hybridized carbons (Fsp3) is 0.227. The summed E-state index contributed by atoms with van der Waals surface area (Å²) in [6.45, 7) is 2.01. The average molecular weight is 441 g/mol. The fourth-order valence-corrected chi connectivity index (χ4v) is 3.92. The van der Waals surface area contributed by atoms with E-state index in [1.165, 1.54) is 30.1 Å². The number of para-hydroxylation sites is 1. The quantitative estimate of drug-likeness (QED) is 0.615. The molecule has 1 fully saturated rings. The zero-order chi connectivity index (χ0) is 21.8. The number of carbonyl (C=O) groups is 2. The summed E-state index contributed by atoms with van der Waals surface area (Å²) in [5.74, 6) is -0.938. The molecule has 9 heteroatoms. The van der Waals surface area contributed by atoms with Crippen molar-refractivity contribution in [3.63, 3.8) is 0 Å². The molecule has 7 nitrogen and oxygen atoms in total. The lowest BCUT2D eigenvalue weighted by molar-refractivity contribution is 0.0303. The molecular weight excluding hydrogens is 419 g/mol. The van der Waals surface area contributed by atoms with Crippen LogP contribution in [0.15, 0.2) is 59.9 Å². The van der Waals surface area contributed by atoms with E-state index in [-0.39, 0.29) is 17.4 Å². The number of morpholine rings is 1. The molecule has 1 aliphatic heterocycles. The minimum atomic E-state index is -0.417. The first-order valence-corrected chi connectivity index (χ1v) is 11.0. The molecule has 3 aromatic rings. The number of aromatic nitrogens is 2. The van der Waals surface area contributed by atoms with E-state index in [4.69, 9.17) is 4.74 Å². The largest absolute Gasteiger partial charge is 0.378 e. The van der Waals surface area contributed by atoms with Crippen LogP contribution in [-0.4, -0.2) is 58.8 Å². The van der Waals surface area contributed by atoms with Gasteiger partial charge < -0.3 is 15.0 Å². The van der Waals surface area contributed by atoms with Crippen molar-refractivity contribution >= 4 is 29.3 Å². The lowest BCUT2D eigenvalue weighted by Crippen LogP contribution is -2.41. The molecule has 31 heavy (non-hydrogen) atoms. The van der Waals surface area contributed by atoms with Gasteiger partial charge in [0, 0.05) is 18.8 Å². The normalized spacial score (nSPS) is 13.8. The number of anilines is 1. The number of rotatable bonds is 5. The maximum absolute atomic E-state index is 13.4. The minimum absolute atomic E-state index is 0.156. The van der Waals surface area contributed by atoms with Crippen LogP contribution in [0.3, 0.4) is 0 Å². The van der Waals surface area contributed by atoms with Crippen molar-refractivity contribution in [2.75, 3.05) is 37.9 Å². The Morgan fingerprint density at radius 2 is 1.81 bits per heavy atom. The van der Waals surface area contributed by atoms with Crippen LogP contribution in [0, 0.1) is 5.82 Å². The Labute approximate surface area is 183 Å². The topological polar surface area (TPSA) is 76.5 Å². The molecule has 2 aromatic carbocycles. The van der Waals surface area contributed by atoms with Gasteiger partial charge in [-0.3, -0.25) is 14.2 Å². The molecule has 160 valence electrons. The second kappa shape index (κ2) is 9.32. The van der Waals surface area contributed by atoms with Gasteiger partial charge in [-0.2, -0.15) is 0 Å². The van der Waals surface area contributed by atoms with Gasteiger partial charge in [0.05, 0.1) is 30.7 Å². The van der Waals surface area contributed by atoms with Crippen LogP contribution < -0.4 is 5.32 Å². The van der Waals surface area contributed by atoms with Gasteiger partial charge in [-0.15, -0.1) is 0 Å². The van der Waals surface area contributed by atoms with Gasteiger partial charge in [-0.25, -0.2) is 9.37 Å². The summed E-state index contributed by atoms with van der Waals surface area (Å²) in [7, 11) is 0. The number of hydrogen-bond donors (Lipinski definition) is 1. The number of imidazole rings is 1. The summed E-state index contributed by atoms with van der Waals surface area (Å²) in [5.41, 5.74) is 1.73. The van der Waals surface area contributed by atoms with E-state index >= 15 is 0 Å². The van der Waals surface area contributed by atoms with Crippen molar-refractivity contribution in [3.05, 3.63) is 71.8 Å². The molecule has 0 unspecified atom stereocenters. The zero-order valence-corrected chi connectivity index (χ0v) is 17.7. The van der Waals surface area contributed by atoms with Gasteiger partial charge in [-0.05, 0) is 42.7 Å². The van der Waals surface area contributed by atoms with Gasteiger partial charge in [0.15, 0.2) is 5.16 Å². The lowest BCUT2D eigenvalue weighted by Gasteiger charge is -2.27. The van der Waals surface area contributed by atoms with Crippen LogP contribution in [0.25, 0.3) is 5.69 Å². The number of thioether (sulfide) groups is 1. The predicted octanol–water partition coefficient (Wildman–Crippen LogP) is 3.46. The van der Waals surface area contributed by atoms with Crippen molar-refractivity contribution < 1.29 is 18.7 Å². The summed E-state index contributed by atoms with van der Waals surface area (Å²) in [4.78, 5) is 32.1. The Balaban J connectivity index is 1.63. The fourth-order valence-electron chi connectivity index (χ4n) is 3.38. The number of nitrogens with one attached hydrogen (secondary N) is 1. The molecule has 0 atom stereocenters. The Kier molecular flexibility index (Phi) is 6.34. The third-order valence-corrected chi connectivity index (χ3v) is 5.59. The van der Waals surface area contributed by atoms with Crippen LogP contribution in [0.4, 0.5) is 10.1 Å². The van der Waals surface area contributed by atoms with E-state index in [2.05, 4.69) is 10.3 Å².